The SMILES string of the molecule is CO.COC(=O)CCCc1cn(CCOCCC(=O)NCC(C)(CNC(=O)OC(C)(C)C)CNc2cc[nH]c(=O)c2-c2nc3c([nH]2)CCCC3)nn1.OO.OO.OO.OO.OO.OO.OO.OO.OO.OO.OO.OO.OO.OO.OO.OO.OO.OO.OO.OO.OO.OO.OO.OO.OO.OOO.[2HH]. The third-order valence-corrected chi connectivity index (χ3v) is 8.19. The molecule has 1 aliphatic rings. The van der Waals surface area contributed by atoms with Crippen LogP contribution in [-0.4, -0.2) is 379 Å². The molecule has 1 unspecified atom stereocenters. The summed E-state index contributed by atoms with van der Waals surface area (Å²) in [5.74, 6) is 0.0547. The van der Waals surface area contributed by atoms with Gasteiger partial charge in [0.1, 0.15) is 17.0 Å². The fourth-order valence-corrected chi connectivity index (χ4v) is 5.43. The number of fused-ring (bicyclic) bond motifs is 1. The number of carbonyl (C=O) groups excluding carboxylic acids is 3. The van der Waals surface area contributed by atoms with Gasteiger partial charge >= 0.3 is 12.1 Å². The molecule has 3 aromatic rings. The topological polar surface area (TPSA) is 1290 Å². The van der Waals surface area contributed by atoms with Gasteiger partial charge in [-0.3, -0.25) is 277 Å². The minimum Gasteiger partial charge on any atom is -0.469 e. The minimum atomic E-state index is -0.683. The lowest BCUT2D eigenvalue weighted by atomic mass is 9.90. The lowest BCUT2D eigenvalue weighted by molar-refractivity contribution is -0.465. The second kappa shape index (κ2) is 199. The lowest BCUT2D eigenvalue weighted by Crippen LogP contribution is -2.48. The molecule has 1 aliphatic carbocycles. The third kappa shape index (κ3) is 144. The van der Waals surface area contributed by atoms with Gasteiger partial charge in [-0.2, -0.15) is 0 Å². The van der Waals surface area contributed by atoms with E-state index in [0.29, 0.717) is 56.0 Å². The lowest BCUT2D eigenvalue weighted by Gasteiger charge is -2.31. The molecule has 2 amide bonds. The largest absolute Gasteiger partial charge is 0.469 e. The quantitative estimate of drug-likeness (QED) is 0.0376. The van der Waals surface area contributed by atoms with Crippen molar-refractivity contribution in [2.75, 3.05) is 52.4 Å². The summed E-state index contributed by atoms with van der Waals surface area (Å²) in [5, 5.41) is 340. The fourth-order valence-electron chi connectivity index (χ4n) is 5.43. The standard InChI is InChI=1S/C34H51N9O7.CH4O.H2O3.25H2O2.H2/c1-33(2,3)50-32(47)38-22-34(4,20-36-26-13-15-35-31(46)29(26)30-39-24-10-6-7-11-25(24)40-30)21-37-27(44)14-17-49-18-16-43-19-23(41-42-43)9-8-12-28(45)48-5;1-2;1-3-2;25*1-2;/h13,15,19H,6-12,14,16-18,20-22H2,1-5H3,(H,37,44)(H,38,47)(H,39,40)(H2,35,36,46);2H,1H3;1-2H;25*1-2H;1H/i;;;;;;;;;;;;;;;;;;;;;;;;;;;;1+1. The van der Waals surface area contributed by atoms with E-state index in [1.165, 1.54) is 7.11 Å². The number of carbonyl (C=O) groups is 3. The predicted molar refractivity (Wildman–Crippen MR) is 334 cm³/mol. The fraction of sp³-hybridized carbons (Fsp3) is 0.629. The van der Waals surface area contributed by atoms with Gasteiger partial charge in [0.05, 0.1) is 43.9 Å². The normalized spacial score (nSPS) is 8.30. The zero-order valence-corrected chi connectivity index (χ0v) is 54.9. The van der Waals surface area contributed by atoms with E-state index < -0.39 is 17.1 Å². The average Bonchev–Trinajstić information content (AvgIpc) is 1.61. The maximum Gasteiger partial charge on any atom is 0.407 e. The number of ether oxygens (including phenoxy) is 3. The number of pyridine rings is 1. The second-order valence-electron chi connectivity index (χ2n) is 14.0. The first-order valence-electron chi connectivity index (χ1n) is 23.0. The van der Waals surface area contributed by atoms with Crippen LogP contribution in [0.2, 0.25) is 0 Å². The van der Waals surface area contributed by atoms with Gasteiger partial charge in [0, 0.05) is 64.5 Å². The molecule has 660 valence electrons. The highest BCUT2D eigenvalue weighted by Gasteiger charge is 2.29. The number of rotatable bonds is 18. The molecular weight excluding hydrogens is 1520 g/mol. The molecule has 3 aromatic heterocycles. The number of nitrogens with zero attached hydrogens (tertiary/aromatic N) is 4. The number of aromatic amines is 2. The predicted octanol–water partition coefficient (Wildman–Crippen LogP) is 3.14. The van der Waals surface area contributed by atoms with Crippen molar-refractivity contribution in [1.29, 1.82) is 0 Å². The number of H-pyrrole nitrogens is 2. The first-order valence-corrected chi connectivity index (χ1v) is 23.0. The summed E-state index contributed by atoms with van der Waals surface area (Å²) in [4.78, 5) is 60.5. The number of aromatic nitrogens is 6. The van der Waals surface area contributed by atoms with E-state index in [1.54, 1.807) is 37.7 Å². The number of nitrogens with one attached hydrogen (secondary N) is 5. The Morgan fingerprint density at radius 2 is 0.914 bits per heavy atom. The molecule has 70 heteroatoms. The molecule has 0 saturated heterocycles. The molecule has 70 nitrogen and oxygen atoms in total. The Balaban J connectivity index is -0.0000000428. The first-order chi connectivity index (χ1) is 51.3. The van der Waals surface area contributed by atoms with Crippen molar-refractivity contribution in [2.45, 2.75) is 91.2 Å². The summed E-state index contributed by atoms with van der Waals surface area (Å²) < 4.78 is 17.4. The number of aryl methyl sites for hydroxylation is 3. The van der Waals surface area contributed by atoms with Crippen LogP contribution in [0.25, 0.3) is 11.4 Å². The number of hydrogen-bond donors (Lipinski definition) is 58. The molecule has 0 aromatic carbocycles. The zero-order valence-electron chi connectivity index (χ0n) is 54.9. The van der Waals surface area contributed by atoms with Gasteiger partial charge in [0.2, 0.25) is 5.91 Å². The van der Waals surface area contributed by atoms with Crippen LogP contribution < -0.4 is 21.5 Å². The number of methoxy groups -OCH3 is 1. The van der Waals surface area contributed by atoms with E-state index in [1.807, 2.05) is 13.1 Å². The van der Waals surface area contributed by atoms with E-state index in [0.717, 1.165) is 49.9 Å². The molecule has 0 spiro atoms. The third-order valence-electron chi connectivity index (χ3n) is 8.19. The molecule has 0 aliphatic heterocycles. The summed E-state index contributed by atoms with van der Waals surface area (Å²) in [6, 6.07) is 1.78. The van der Waals surface area contributed by atoms with Crippen LogP contribution in [0, 0.1) is 5.41 Å². The van der Waals surface area contributed by atoms with Crippen LogP contribution >= 0.6 is 0 Å². The number of hydrogen-bond acceptors (Lipinski definition) is 65. The Hall–Kier alpha value is -6.89. The zero-order chi connectivity index (χ0) is 90.9. The van der Waals surface area contributed by atoms with Crippen molar-refractivity contribution in [1.82, 2.24) is 40.6 Å². The van der Waals surface area contributed by atoms with E-state index in [2.05, 4.69) is 46.0 Å². The number of amides is 2. The van der Waals surface area contributed by atoms with Gasteiger partial charge in [-0.05, 0) is 65.4 Å². The van der Waals surface area contributed by atoms with Crippen molar-refractivity contribution < 1.29 is 314 Å². The summed E-state index contributed by atoms with van der Waals surface area (Å²) in [6.07, 6.45) is 8.46. The minimum absolute atomic E-state index is 0. The number of imidazole rings is 1. The van der Waals surface area contributed by atoms with Gasteiger partial charge in [0.25, 0.3) is 5.56 Å². The number of esters is 1. The Bertz CT molecular complexity index is 1720. The highest BCUT2D eigenvalue weighted by molar-refractivity contribution is 5.76. The van der Waals surface area contributed by atoms with Crippen LogP contribution in [0.15, 0.2) is 23.3 Å². The number of aliphatic hydroxyl groups excluding tert-OH is 1. The van der Waals surface area contributed by atoms with Crippen molar-refractivity contribution >= 4 is 23.7 Å². The Morgan fingerprint density at radius 3 is 1.28 bits per heavy atom. The maximum atomic E-state index is 13.0. The molecule has 0 radical (unpaired) electrons. The molecule has 1 atom stereocenters. The van der Waals surface area contributed by atoms with Gasteiger partial charge in [-0.15, -0.1) is 5.10 Å². The molecule has 58 N–H and O–H groups in total. The van der Waals surface area contributed by atoms with Crippen molar-refractivity contribution in [3.05, 3.63) is 45.9 Å². The van der Waals surface area contributed by atoms with Gasteiger partial charge in [-0.25, -0.2) is 25.0 Å². The molecule has 105 heavy (non-hydrogen) atoms. The number of anilines is 1. The van der Waals surface area contributed by atoms with Crippen LogP contribution in [0.5, 0.6) is 0 Å². The highest BCUT2D eigenvalue weighted by atomic mass is 17.4. The summed E-state index contributed by atoms with van der Waals surface area (Å²) in [6.45, 7) is 9.02. The Morgan fingerprint density at radius 1 is 0.543 bits per heavy atom. The molecular formula is C35H109N9O61. The highest BCUT2D eigenvalue weighted by Crippen LogP contribution is 2.27. The van der Waals surface area contributed by atoms with Crippen LogP contribution in [0.4, 0.5) is 10.5 Å². The molecule has 0 saturated carbocycles. The number of aliphatic hydroxyl groups is 1. The monoisotopic (exact) mass is 1630 g/mol. The molecule has 0 bridgehead atoms. The Kier molecular flexibility index (Phi) is 320. The summed E-state index contributed by atoms with van der Waals surface area (Å²) in [7, 11) is 2.37. The first kappa shape index (κ1) is 168. The van der Waals surface area contributed by atoms with E-state index in [4.69, 9.17) is 293 Å². The molecule has 3 heterocycles. The maximum absolute atomic E-state index is 13.0. The summed E-state index contributed by atoms with van der Waals surface area (Å²) in [5.41, 5.74) is 2.21. The Labute approximate surface area is 584 Å². The van der Waals surface area contributed by atoms with Crippen molar-refractivity contribution in [2.24, 2.45) is 5.41 Å². The van der Waals surface area contributed by atoms with Gasteiger partial charge in [0.15, 0.2) is 0 Å². The smallest absolute Gasteiger partial charge is 0.407 e. The van der Waals surface area contributed by atoms with Crippen molar-refractivity contribution in [3.63, 3.8) is 0 Å². The van der Waals surface area contributed by atoms with Gasteiger partial charge < -0.3 is 45.2 Å². The van der Waals surface area contributed by atoms with Gasteiger partial charge in [-0.1, -0.05) is 17.2 Å². The summed E-state index contributed by atoms with van der Waals surface area (Å²) >= 11 is 0. The van der Waals surface area contributed by atoms with E-state index in [-0.39, 0.29) is 45.0 Å². The van der Waals surface area contributed by atoms with E-state index in [9.17, 15) is 19.2 Å². The second-order valence-corrected chi connectivity index (χ2v) is 14.0. The van der Waals surface area contributed by atoms with Crippen molar-refractivity contribution in [3.8, 4) is 11.4 Å². The molecule has 4 rings (SSSR count). The van der Waals surface area contributed by atoms with Crippen LogP contribution in [0.3, 0.4) is 0 Å². The average molecular weight is 1630 g/mol. The van der Waals surface area contributed by atoms with Crippen LogP contribution in [0.1, 0.15) is 78.3 Å². The molecule has 0 fully saturated rings. The van der Waals surface area contributed by atoms with Crippen LogP contribution in [-0.2, 0) is 54.6 Å². The number of alkyl carbamates (subject to hydrolysis) is 1. The van der Waals surface area contributed by atoms with E-state index >= 15 is 0 Å².